The second kappa shape index (κ2) is 8.19. The van der Waals surface area contributed by atoms with Gasteiger partial charge in [0.05, 0.1) is 9.77 Å². The van der Waals surface area contributed by atoms with Gasteiger partial charge in [-0.1, -0.05) is 0 Å². The molecule has 1 aromatic carbocycles. The Morgan fingerprint density at radius 2 is 1.61 bits per heavy atom. The standard InChI is InChI=1S/C7HF4IO2.C4H3Br2N3/c8-2-1(7(13)14)3(9)5(11)6(12)4(2)10;5-2-1-8-4(7)3(6)9-2/h(H,13,14);1H,(H2,7,8). The molecule has 2 rings (SSSR count). The lowest BCUT2D eigenvalue weighted by Crippen LogP contribution is -2.11. The number of carboxylic acids is 1. The molecule has 0 bridgehead atoms. The molecule has 0 aliphatic heterocycles. The summed E-state index contributed by atoms with van der Waals surface area (Å²) >= 11 is 7.29. The summed E-state index contributed by atoms with van der Waals surface area (Å²) < 4.78 is 51.4. The fourth-order valence-corrected chi connectivity index (χ4v) is 2.43. The van der Waals surface area contributed by atoms with E-state index in [0.717, 1.165) is 22.6 Å². The Labute approximate surface area is 156 Å². The molecule has 23 heavy (non-hydrogen) atoms. The molecule has 0 aliphatic carbocycles. The van der Waals surface area contributed by atoms with Crippen molar-refractivity contribution in [1.29, 1.82) is 0 Å². The van der Waals surface area contributed by atoms with Gasteiger partial charge in [-0.2, -0.15) is 0 Å². The van der Waals surface area contributed by atoms with Crippen molar-refractivity contribution in [2.45, 2.75) is 0 Å². The molecule has 0 spiro atoms. The molecule has 0 amide bonds. The molecule has 0 saturated carbocycles. The number of carboxylic acid groups (broad SMARTS) is 1. The van der Waals surface area contributed by atoms with Gasteiger partial charge in [-0.3, -0.25) is 0 Å². The lowest BCUT2D eigenvalue weighted by molar-refractivity contribution is 0.0683. The maximum absolute atomic E-state index is 12.8. The van der Waals surface area contributed by atoms with Gasteiger partial charge in [0.1, 0.15) is 14.8 Å². The van der Waals surface area contributed by atoms with Crippen molar-refractivity contribution in [2.24, 2.45) is 0 Å². The van der Waals surface area contributed by atoms with E-state index in [1.165, 1.54) is 0 Å². The van der Waals surface area contributed by atoms with Crippen molar-refractivity contribution >= 4 is 66.2 Å². The van der Waals surface area contributed by atoms with Crippen molar-refractivity contribution in [1.82, 2.24) is 9.97 Å². The van der Waals surface area contributed by atoms with Gasteiger partial charge in [-0.25, -0.2) is 32.3 Å². The number of halogens is 7. The fraction of sp³-hybridized carbons (Fsp3) is 0. The molecule has 124 valence electrons. The number of anilines is 1. The van der Waals surface area contributed by atoms with Crippen LogP contribution in [0, 0.1) is 26.8 Å². The maximum atomic E-state index is 12.8. The summed E-state index contributed by atoms with van der Waals surface area (Å²) in [5.41, 5.74) is 3.72. The summed E-state index contributed by atoms with van der Waals surface area (Å²) in [6, 6.07) is 0. The zero-order valence-corrected chi connectivity index (χ0v) is 15.9. The largest absolute Gasteiger partial charge is 0.477 e. The monoisotopic (exact) mass is 571 g/mol. The zero-order chi connectivity index (χ0) is 17.9. The number of nitrogen functional groups attached to an aromatic ring is 1. The molecular formula is C11H4Br2F4IN3O2. The Morgan fingerprint density at radius 3 is 1.96 bits per heavy atom. The highest BCUT2D eigenvalue weighted by molar-refractivity contribution is 14.1. The van der Waals surface area contributed by atoms with Crippen LogP contribution in [0.2, 0.25) is 0 Å². The molecule has 1 aromatic heterocycles. The zero-order valence-electron chi connectivity index (χ0n) is 10.6. The van der Waals surface area contributed by atoms with Gasteiger partial charge < -0.3 is 10.8 Å². The van der Waals surface area contributed by atoms with Crippen molar-refractivity contribution in [3.63, 3.8) is 0 Å². The van der Waals surface area contributed by atoms with Gasteiger partial charge in [0.2, 0.25) is 0 Å². The third kappa shape index (κ3) is 4.73. The topological polar surface area (TPSA) is 89.1 Å². The van der Waals surface area contributed by atoms with Crippen LogP contribution in [0.4, 0.5) is 23.4 Å². The number of hydrogen-bond acceptors (Lipinski definition) is 4. The number of benzene rings is 1. The van der Waals surface area contributed by atoms with E-state index in [9.17, 15) is 22.4 Å². The number of aromatic carboxylic acids is 1. The Balaban J connectivity index is 0.000000253. The molecular weight excluding hydrogens is 569 g/mol. The first kappa shape index (κ1) is 20.0. The summed E-state index contributed by atoms with van der Waals surface area (Å²) in [7, 11) is 0. The van der Waals surface area contributed by atoms with E-state index in [-0.39, 0.29) is 0 Å². The Morgan fingerprint density at radius 1 is 1.13 bits per heavy atom. The third-order valence-corrected chi connectivity index (χ3v) is 4.06. The summed E-state index contributed by atoms with van der Waals surface area (Å²) in [4.78, 5) is 18.0. The average molecular weight is 573 g/mol. The van der Waals surface area contributed by atoms with E-state index in [4.69, 9.17) is 10.8 Å². The molecule has 1 heterocycles. The van der Waals surface area contributed by atoms with E-state index in [1.807, 2.05) is 0 Å². The Bertz CT molecular complexity index is 750. The number of aromatic nitrogens is 2. The van der Waals surface area contributed by atoms with Crippen LogP contribution < -0.4 is 5.73 Å². The molecule has 0 radical (unpaired) electrons. The van der Waals surface area contributed by atoms with Crippen molar-refractivity contribution in [3.8, 4) is 0 Å². The van der Waals surface area contributed by atoms with Crippen LogP contribution in [-0.4, -0.2) is 21.0 Å². The van der Waals surface area contributed by atoms with Gasteiger partial charge in [-0.15, -0.1) is 0 Å². The first-order valence-corrected chi connectivity index (χ1v) is 7.92. The first-order valence-electron chi connectivity index (χ1n) is 5.26. The van der Waals surface area contributed by atoms with E-state index >= 15 is 0 Å². The van der Waals surface area contributed by atoms with E-state index < -0.39 is 38.4 Å². The molecule has 2 aromatic rings. The summed E-state index contributed by atoms with van der Waals surface area (Å²) in [5.74, 6) is -8.88. The highest BCUT2D eigenvalue weighted by atomic mass is 127. The summed E-state index contributed by atoms with van der Waals surface area (Å²) in [6.45, 7) is 0. The van der Waals surface area contributed by atoms with Gasteiger partial charge in [-0.05, 0) is 54.5 Å². The minimum atomic E-state index is -2.06. The van der Waals surface area contributed by atoms with Gasteiger partial charge in [0, 0.05) is 0 Å². The second-order valence-electron chi connectivity index (χ2n) is 3.62. The lowest BCUT2D eigenvalue weighted by Gasteiger charge is -2.04. The maximum Gasteiger partial charge on any atom is 0.341 e. The number of hydrogen-bond donors (Lipinski definition) is 2. The highest BCUT2D eigenvalue weighted by Crippen LogP contribution is 2.25. The minimum absolute atomic E-state index is 0.401. The van der Waals surface area contributed by atoms with Crippen LogP contribution >= 0.6 is 54.5 Å². The first-order chi connectivity index (χ1) is 10.6. The summed E-state index contributed by atoms with van der Waals surface area (Å²) in [6.07, 6.45) is 1.54. The lowest BCUT2D eigenvalue weighted by atomic mass is 10.2. The van der Waals surface area contributed by atoms with Gasteiger partial charge >= 0.3 is 5.97 Å². The molecule has 0 unspecified atom stereocenters. The molecule has 0 aliphatic rings. The van der Waals surface area contributed by atoms with Gasteiger partial charge in [0.25, 0.3) is 0 Å². The van der Waals surface area contributed by atoms with Crippen LogP contribution in [0.25, 0.3) is 0 Å². The fourth-order valence-electron chi connectivity index (χ4n) is 1.15. The molecule has 0 fully saturated rings. The molecule has 12 heteroatoms. The molecule has 0 atom stereocenters. The van der Waals surface area contributed by atoms with E-state index in [0.29, 0.717) is 15.0 Å². The number of carbonyl (C=O) groups is 1. The molecule has 3 N–H and O–H groups in total. The average Bonchev–Trinajstić information content (AvgIpc) is 2.48. The normalized spacial score (nSPS) is 10.0. The smallest absolute Gasteiger partial charge is 0.341 e. The SMILES string of the molecule is Nc1ncc(Br)nc1Br.O=C(O)c1c(F)c(F)c(I)c(F)c1F. The predicted molar refractivity (Wildman–Crippen MR) is 87.8 cm³/mol. The van der Waals surface area contributed by atoms with E-state index in [1.54, 1.807) is 6.20 Å². The number of nitrogens with zero attached hydrogens (tertiary/aromatic N) is 2. The van der Waals surface area contributed by atoms with Crippen LogP contribution in [-0.2, 0) is 0 Å². The van der Waals surface area contributed by atoms with Crippen LogP contribution in [0.3, 0.4) is 0 Å². The summed E-state index contributed by atoms with van der Waals surface area (Å²) in [5, 5.41) is 8.27. The van der Waals surface area contributed by atoms with Crippen molar-refractivity contribution in [3.05, 3.63) is 47.8 Å². The Kier molecular flexibility index (Phi) is 7.13. The van der Waals surface area contributed by atoms with Crippen LogP contribution in [0.15, 0.2) is 15.4 Å². The van der Waals surface area contributed by atoms with E-state index in [2.05, 4.69) is 41.8 Å². The second-order valence-corrected chi connectivity index (χ2v) is 6.26. The number of nitrogens with two attached hydrogens (primary N) is 1. The van der Waals surface area contributed by atoms with Crippen molar-refractivity contribution in [2.75, 3.05) is 5.73 Å². The van der Waals surface area contributed by atoms with Gasteiger partial charge in [0.15, 0.2) is 29.1 Å². The highest BCUT2D eigenvalue weighted by Gasteiger charge is 2.27. The Hall–Kier alpha value is -1.02. The third-order valence-electron chi connectivity index (χ3n) is 2.15. The van der Waals surface area contributed by atoms with Crippen molar-refractivity contribution < 1.29 is 27.5 Å². The molecule has 5 nitrogen and oxygen atoms in total. The minimum Gasteiger partial charge on any atom is -0.477 e. The number of rotatable bonds is 1. The van der Waals surface area contributed by atoms with Crippen LogP contribution in [0.1, 0.15) is 10.4 Å². The quantitative estimate of drug-likeness (QED) is 0.232. The molecule has 0 saturated heterocycles. The predicted octanol–water partition coefficient (Wildman–Crippen LogP) is 4.13. The van der Waals surface area contributed by atoms with Crippen LogP contribution in [0.5, 0.6) is 0 Å².